The van der Waals surface area contributed by atoms with Gasteiger partial charge in [0.2, 0.25) is 5.88 Å². The van der Waals surface area contributed by atoms with Crippen LogP contribution in [0.4, 0.5) is 0 Å². The molecule has 0 radical (unpaired) electrons. The molecule has 0 fully saturated rings. The topological polar surface area (TPSA) is 52.9 Å². The van der Waals surface area contributed by atoms with Crippen molar-refractivity contribution in [3.8, 4) is 17.4 Å². The van der Waals surface area contributed by atoms with E-state index in [2.05, 4.69) is 38.7 Å². The number of hydrogen-bond donors (Lipinski definition) is 0. The number of rotatable bonds is 3. The fourth-order valence-electron chi connectivity index (χ4n) is 4.07. The number of nitrogens with zero attached hydrogens (tertiary/aromatic N) is 2. The van der Waals surface area contributed by atoms with Gasteiger partial charge in [-0.2, -0.15) is 0 Å². The number of ether oxygens (including phenoxy) is 3. The molecule has 3 heterocycles. The summed E-state index contributed by atoms with van der Waals surface area (Å²) in [7, 11) is 3.32. The number of aromatic nitrogens is 1. The van der Waals surface area contributed by atoms with E-state index >= 15 is 0 Å². The first-order valence-corrected chi connectivity index (χ1v) is 9.25. The van der Waals surface area contributed by atoms with E-state index in [9.17, 15) is 0 Å². The van der Waals surface area contributed by atoms with Crippen molar-refractivity contribution < 1.29 is 14.2 Å². The predicted octanol–water partition coefficient (Wildman–Crippen LogP) is 3.98. The third-order valence-electron chi connectivity index (χ3n) is 5.12. The molecule has 1 aromatic carbocycles. The number of benzene rings is 1. The van der Waals surface area contributed by atoms with E-state index in [1.165, 1.54) is 16.7 Å². The maximum absolute atomic E-state index is 6.24. The molecule has 4 rings (SSSR count). The molecule has 0 saturated carbocycles. The summed E-state index contributed by atoms with van der Waals surface area (Å²) in [5.41, 5.74) is 5.09. The van der Waals surface area contributed by atoms with E-state index in [1.54, 1.807) is 14.2 Å². The molecule has 0 bridgehead atoms. The van der Waals surface area contributed by atoms with Crippen LogP contribution in [0, 0.1) is 0 Å². The summed E-state index contributed by atoms with van der Waals surface area (Å²) in [5.74, 6) is 2.24. The summed E-state index contributed by atoms with van der Waals surface area (Å²) < 4.78 is 17.1. The quantitative estimate of drug-likeness (QED) is 0.824. The average Bonchev–Trinajstić information content (AvgIpc) is 2.94. The second-order valence-corrected chi connectivity index (χ2v) is 8.50. The molecular weight excluding hydrogens is 340 g/mol. The van der Waals surface area contributed by atoms with Crippen molar-refractivity contribution in [1.82, 2.24) is 4.98 Å². The van der Waals surface area contributed by atoms with Crippen LogP contribution in [0.5, 0.6) is 17.4 Å². The van der Waals surface area contributed by atoms with Gasteiger partial charge < -0.3 is 14.2 Å². The zero-order valence-electron chi connectivity index (χ0n) is 16.8. The molecule has 1 aromatic heterocycles. The monoisotopic (exact) mass is 366 g/mol. The van der Waals surface area contributed by atoms with Gasteiger partial charge in [0.1, 0.15) is 5.60 Å². The fraction of sp³-hybridized carbons (Fsp3) is 0.455. The lowest BCUT2D eigenvalue weighted by atomic mass is 9.81. The van der Waals surface area contributed by atoms with E-state index in [1.807, 2.05) is 18.3 Å². The Morgan fingerprint density at radius 2 is 1.81 bits per heavy atom. The highest BCUT2D eigenvalue weighted by Gasteiger charge is 2.39. The molecule has 0 spiro atoms. The molecule has 27 heavy (non-hydrogen) atoms. The number of methoxy groups -OCH3 is 2. The van der Waals surface area contributed by atoms with Crippen LogP contribution in [0.25, 0.3) is 0 Å². The Labute approximate surface area is 160 Å². The normalized spacial score (nSPS) is 18.8. The highest BCUT2D eigenvalue weighted by molar-refractivity contribution is 6.16. The van der Waals surface area contributed by atoms with Crippen molar-refractivity contribution in [2.75, 3.05) is 14.2 Å². The van der Waals surface area contributed by atoms with Gasteiger partial charge in [-0.1, -0.05) is 0 Å². The molecule has 0 aliphatic carbocycles. The van der Waals surface area contributed by atoms with Crippen LogP contribution < -0.4 is 14.2 Å². The van der Waals surface area contributed by atoms with Gasteiger partial charge in [0, 0.05) is 35.4 Å². The second-order valence-electron chi connectivity index (χ2n) is 8.50. The molecule has 2 aliphatic heterocycles. The Balaban J connectivity index is 1.95. The SMILES string of the molecule is COc1ccc(C2=NC(C)(C)Cc3cc(OC)c4c(c32)CC(C)(C)O4)cn1. The smallest absolute Gasteiger partial charge is 0.212 e. The van der Waals surface area contributed by atoms with Gasteiger partial charge in [0.05, 0.1) is 25.5 Å². The van der Waals surface area contributed by atoms with Gasteiger partial charge in [-0.3, -0.25) is 4.99 Å². The largest absolute Gasteiger partial charge is 0.493 e. The first kappa shape index (κ1) is 17.8. The van der Waals surface area contributed by atoms with Gasteiger partial charge >= 0.3 is 0 Å². The molecule has 0 saturated heterocycles. The molecule has 0 N–H and O–H groups in total. The minimum atomic E-state index is -0.263. The standard InChI is InChI=1S/C22H26N2O3/c1-21(2)10-14-9-16(25-5)20-15(11-22(3,4)27-20)18(14)19(24-21)13-7-8-17(26-6)23-12-13/h7-9,12H,10-11H2,1-6H3. The van der Waals surface area contributed by atoms with Crippen molar-refractivity contribution in [1.29, 1.82) is 0 Å². The Bertz CT molecular complexity index is 928. The molecule has 0 unspecified atom stereocenters. The van der Waals surface area contributed by atoms with E-state index in [-0.39, 0.29) is 11.1 Å². The van der Waals surface area contributed by atoms with E-state index in [4.69, 9.17) is 19.2 Å². The van der Waals surface area contributed by atoms with Crippen LogP contribution in [-0.2, 0) is 12.8 Å². The lowest BCUT2D eigenvalue weighted by Crippen LogP contribution is -2.30. The van der Waals surface area contributed by atoms with Crippen molar-refractivity contribution in [2.24, 2.45) is 4.99 Å². The molecule has 2 aliphatic rings. The molecule has 0 amide bonds. The van der Waals surface area contributed by atoms with Crippen molar-refractivity contribution in [2.45, 2.75) is 51.7 Å². The summed E-state index contributed by atoms with van der Waals surface area (Å²) >= 11 is 0. The first-order valence-electron chi connectivity index (χ1n) is 9.25. The van der Waals surface area contributed by atoms with E-state index < -0.39 is 0 Å². The Kier molecular flexibility index (Phi) is 3.95. The van der Waals surface area contributed by atoms with Crippen molar-refractivity contribution in [3.63, 3.8) is 0 Å². The summed E-state index contributed by atoms with van der Waals surface area (Å²) in [6, 6.07) is 6.01. The van der Waals surface area contributed by atoms with Gasteiger partial charge in [0.15, 0.2) is 11.5 Å². The van der Waals surface area contributed by atoms with Gasteiger partial charge in [-0.05, 0) is 51.8 Å². The molecule has 0 atom stereocenters. The fourth-order valence-corrected chi connectivity index (χ4v) is 4.07. The van der Waals surface area contributed by atoms with Gasteiger partial charge in [-0.15, -0.1) is 0 Å². The minimum absolute atomic E-state index is 0.198. The summed E-state index contributed by atoms with van der Waals surface area (Å²) in [6.07, 6.45) is 3.52. The second kappa shape index (κ2) is 5.98. The minimum Gasteiger partial charge on any atom is -0.493 e. The zero-order valence-corrected chi connectivity index (χ0v) is 16.8. The average molecular weight is 366 g/mol. The van der Waals surface area contributed by atoms with Crippen LogP contribution in [0.1, 0.15) is 49.9 Å². The van der Waals surface area contributed by atoms with Crippen LogP contribution in [-0.4, -0.2) is 36.1 Å². The highest BCUT2D eigenvalue weighted by atomic mass is 16.5. The molecule has 5 heteroatoms. The number of hydrogen-bond acceptors (Lipinski definition) is 5. The number of aliphatic imine (C=N–C) groups is 1. The maximum atomic E-state index is 6.24. The van der Waals surface area contributed by atoms with Crippen LogP contribution in [0.3, 0.4) is 0 Å². The highest BCUT2D eigenvalue weighted by Crippen LogP contribution is 2.47. The summed E-state index contributed by atoms with van der Waals surface area (Å²) in [6.45, 7) is 8.54. The Morgan fingerprint density at radius 3 is 2.44 bits per heavy atom. The maximum Gasteiger partial charge on any atom is 0.212 e. The van der Waals surface area contributed by atoms with E-state index in [0.717, 1.165) is 35.6 Å². The third kappa shape index (κ3) is 3.05. The number of pyridine rings is 1. The molecule has 142 valence electrons. The third-order valence-corrected chi connectivity index (χ3v) is 5.12. The van der Waals surface area contributed by atoms with Crippen LogP contribution in [0.15, 0.2) is 29.4 Å². The Hall–Kier alpha value is -2.56. The molecular formula is C22H26N2O3. The van der Waals surface area contributed by atoms with E-state index in [0.29, 0.717) is 5.88 Å². The summed E-state index contributed by atoms with van der Waals surface area (Å²) in [5, 5.41) is 0. The lowest BCUT2D eigenvalue weighted by Gasteiger charge is -2.31. The summed E-state index contributed by atoms with van der Waals surface area (Å²) in [4.78, 5) is 9.49. The molecule has 2 aromatic rings. The predicted molar refractivity (Wildman–Crippen MR) is 106 cm³/mol. The van der Waals surface area contributed by atoms with Crippen molar-refractivity contribution in [3.05, 3.63) is 46.6 Å². The van der Waals surface area contributed by atoms with Gasteiger partial charge in [0.25, 0.3) is 0 Å². The Morgan fingerprint density at radius 1 is 1.04 bits per heavy atom. The van der Waals surface area contributed by atoms with Gasteiger partial charge in [-0.25, -0.2) is 4.98 Å². The zero-order chi connectivity index (χ0) is 19.4. The van der Waals surface area contributed by atoms with Crippen molar-refractivity contribution >= 4 is 5.71 Å². The first-order chi connectivity index (χ1) is 12.7. The number of fused-ring (bicyclic) bond motifs is 3. The molecule has 5 nitrogen and oxygen atoms in total. The van der Waals surface area contributed by atoms with Crippen LogP contribution in [0.2, 0.25) is 0 Å². The lowest BCUT2D eigenvalue weighted by molar-refractivity contribution is 0.134. The van der Waals surface area contributed by atoms with Crippen LogP contribution >= 0.6 is 0 Å².